The molecule has 98 valence electrons. The van der Waals surface area contributed by atoms with Crippen LogP contribution < -0.4 is 0 Å². The summed E-state index contributed by atoms with van der Waals surface area (Å²) in [6, 6.07) is 1.85. The van der Waals surface area contributed by atoms with E-state index in [9.17, 15) is 18.3 Å². The zero-order chi connectivity index (χ0) is 12.9. The molecule has 1 nitrogen and oxygen atoms in total. The molecule has 3 rings (SSSR count). The molecule has 1 aromatic carbocycles. The molecule has 2 aliphatic heterocycles. The van der Waals surface area contributed by atoms with E-state index in [1.54, 1.807) is 0 Å². The van der Waals surface area contributed by atoms with Crippen molar-refractivity contribution < 1.29 is 18.3 Å². The third-order valence-corrected chi connectivity index (χ3v) is 5.42. The molecule has 2 fully saturated rings. The van der Waals surface area contributed by atoms with Gasteiger partial charge in [-0.3, -0.25) is 0 Å². The molecule has 1 aromatic rings. The predicted octanol–water partition coefficient (Wildman–Crippen LogP) is 3.35. The topological polar surface area (TPSA) is 20.2 Å². The standard InChI is InChI=1S/C13H13F3OS/c14-10-3-7(4-11(15)12(10)16)13(17)5-8-1-2-9(6-13)18-8/h3-4,8-9,17H,1-2,5-6H2. The van der Waals surface area contributed by atoms with Crippen LogP contribution in [0.3, 0.4) is 0 Å². The maximum atomic E-state index is 13.2. The van der Waals surface area contributed by atoms with Gasteiger partial charge in [-0.05, 0) is 43.4 Å². The molecule has 18 heavy (non-hydrogen) atoms. The fourth-order valence-electron chi connectivity index (χ4n) is 2.98. The normalized spacial score (nSPS) is 34.9. The van der Waals surface area contributed by atoms with E-state index in [0.717, 1.165) is 25.0 Å². The number of hydrogen-bond acceptors (Lipinski definition) is 2. The van der Waals surface area contributed by atoms with Crippen LogP contribution in [-0.4, -0.2) is 15.6 Å². The van der Waals surface area contributed by atoms with Gasteiger partial charge in [0, 0.05) is 10.5 Å². The van der Waals surface area contributed by atoms with Gasteiger partial charge in [-0.2, -0.15) is 11.8 Å². The SMILES string of the molecule is OC1(c2cc(F)c(F)c(F)c2)CC2CCC(C1)S2. The van der Waals surface area contributed by atoms with Gasteiger partial charge in [0.15, 0.2) is 17.5 Å². The van der Waals surface area contributed by atoms with Crippen LogP contribution >= 0.6 is 11.8 Å². The molecular formula is C13H13F3OS. The summed E-state index contributed by atoms with van der Waals surface area (Å²) in [7, 11) is 0. The average molecular weight is 274 g/mol. The van der Waals surface area contributed by atoms with Crippen molar-refractivity contribution >= 4 is 11.8 Å². The van der Waals surface area contributed by atoms with Crippen molar-refractivity contribution in [1.29, 1.82) is 0 Å². The van der Waals surface area contributed by atoms with Gasteiger partial charge in [-0.25, -0.2) is 13.2 Å². The lowest BCUT2D eigenvalue weighted by Gasteiger charge is -2.36. The van der Waals surface area contributed by atoms with E-state index in [1.807, 2.05) is 11.8 Å². The van der Waals surface area contributed by atoms with Crippen molar-refractivity contribution in [2.24, 2.45) is 0 Å². The lowest BCUT2D eigenvalue weighted by atomic mass is 9.86. The average Bonchev–Trinajstić information content (AvgIpc) is 2.65. The minimum Gasteiger partial charge on any atom is -0.385 e. The molecule has 0 spiro atoms. The third-order valence-electron chi connectivity index (χ3n) is 3.85. The summed E-state index contributed by atoms with van der Waals surface area (Å²) in [4.78, 5) is 0. The first-order valence-corrected chi connectivity index (χ1v) is 6.95. The van der Waals surface area contributed by atoms with Crippen molar-refractivity contribution in [3.63, 3.8) is 0 Å². The molecular weight excluding hydrogens is 261 g/mol. The van der Waals surface area contributed by atoms with Crippen LogP contribution in [0.1, 0.15) is 31.2 Å². The Balaban J connectivity index is 1.99. The Morgan fingerprint density at radius 2 is 1.56 bits per heavy atom. The Labute approximate surface area is 107 Å². The largest absolute Gasteiger partial charge is 0.385 e. The monoisotopic (exact) mass is 274 g/mol. The highest BCUT2D eigenvalue weighted by atomic mass is 32.2. The number of thioether (sulfide) groups is 1. The van der Waals surface area contributed by atoms with Gasteiger partial charge in [0.05, 0.1) is 5.60 Å². The minimum absolute atomic E-state index is 0.163. The first-order valence-electron chi connectivity index (χ1n) is 6.01. The second-order valence-electron chi connectivity index (χ2n) is 5.15. The Morgan fingerprint density at radius 1 is 1.06 bits per heavy atom. The quantitative estimate of drug-likeness (QED) is 0.792. The Morgan fingerprint density at radius 3 is 2.06 bits per heavy atom. The molecule has 0 aliphatic carbocycles. The summed E-state index contributed by atoms with van der Waals surface area (Å²) in [6.45, 7) is 0. The maximum absolute atomic E-state index is 13.2. The van der Waals surface area contributed by atoms with Crippen LogP contribution in [0.2, 0.25) is 0 Å². The van der Waals surface area contributed by atoms with E-state index in [1.165, 1.54) is 0 Å². The lowest BCUT2D eigenvalue weighted by molar-refractivity contribution is 0.0189. The lowest BCUT2D eigenvalue weighted by Crippen LogP contribution is -2.35. The number of aliphatic hydroxyl groups is 1. The maximum Gasteiger partial charge on any atom is 0.194 e. The second kappa shape index (κ2) is 4.17. The van der Waals surface area contributed by atoms with Crippen molar-refractivity contribution in [2.75, 3.05) is 0 Å². The highest BCUT2D eigenvalue weighted by molar-refractivity contribution is 8.00. The summed E-state index contributed by atoms with van der Waals surface area (Å²) in [5.41, 5.74) is -1.05. The van der Waals surface area contributed by atoms with Gasteiger partial charge < -0.3 is 5.11 Å². The van der Waals surface area contributed by atoms with Crippen LogP contribution in [-0.2, 0) is 5.60 Å². The van der Waals surface area contributed by atoms with E-state index in [-0.39, 0.29) is 5.56 Å². The summed E-state index contributed by atoms with van der Waals surface area (Å²) in [6.07, 6.45) is 3.03. The zero-order valence-corrected chi connectivity index (χ0v) is 10.4. The molecule has 2 unspecified atom stereocenters. The van der Waals surface area contributed by atoms with Crippen molar-refractivity contribution in [3.05, 3.63) is 35.1 Å². The summed E-state index contributed by atoms with van der Waals surface area (Å²) in [5, 5.41) is 11.3. The third kappa shape index (κ3) is 1.93. The van der Waals surface area contributed by atoms with E-state index in [4.69, 9.17) is 0 Å². The summed E-state index contributed by atoms with van der Waals surface area (Å²) >= 11 is 1.84. The molecule has 5 heteroatoms. The fourth-order valence-corrected chi connectivity index (χ4v) is 4.81. The highest BCUT2D eigenvalue weighted by Gasteiger charge is 2.44. The first kappa shape index (κ1) is 12.4. The van der Waals surface area contributed by atoms with Gasteiger partial charge in [-0.15, -0.1) is 0 Å². The van der Waals surface area contributed by atoms with Crippen LogP contribution in [0, 0.1) is 17.5 Å². The summed E-state index contributed by atoms with van der Waals surface area (Å²) < 4.78 is 39.4. The van der Waals surface area contributed by atoms with Crippen molar-refractivity contribution in [3.8, 4) is 0 Å². The fraction of sp³-hybridized carbons (Fsp3) is 0.538. The molecule has 1 N–H and O–H groups in total. The molecule has 2 heterocycles. The molecule has 2 saturated heterocycles. The number of halogens is 3. The number of hydrogen-bond donors (Lipinski definition) is 1. The van der Waals surface area contributed by atoms with Crippen LogP contribution in [0.25, 0.3) is 0 Å². The predicted molar refractivity (Wildman–Crippen MR) is 63.8 cm³/mol. The van der Waals surface area contributed by atoms with Gasteiger partial charge in [-0.1, -0.05) is 0 Å². The molecule has 0 aromatic heterocycles. The molecule has 2 bridgehead atoms. The molecule has 2 atom stereocenters. The smallest absolute Gasteiger partial charge is 0.194 e. The van der Waals surface area contributed by atoms with Crippen molar-refractivity contribution in [1.82, 2.24) is 0 Å². The molecule has 0 amide bonds. The second-order valence-corrected chi connectivity index (χ2v) is 6.76. The Bertz CT molecular complexity index is 456. The van der Waals surface area contributed by atoms with E-state index >= 15 is 0 Å². The summed E-state index contributed by atoms with van der Waals surface area (Å²) in [5.74, 6) is -3.94. The van der Waals surface area contributed by atoms with Crippen LogP contribution in [0.5, 0.6) is 0 Å². The van der Waals surface area contributed by atoms with E-state index in [2.05, 4.69) is 0 Å². The molecule has 0 saturated carbocycles. The van der Waals surface area contributed by atoms with E-state index < -0.39 is 23.1 Å². The van der Waals surface area contributed by atoms with Gasteiger partial charge in [0.1, 0.15) is 0 Å². The molecule has 0 radical (unpaired) electrons. The van der Waals surface area contributed by atoms with Crippen LogP contribution in [0.4, 0.5) is 13.2 Å². The van der Waals surface area contributed by atoms with E-state index in [0.29, 0.717) is 23.3 Å². The van der Waals surface area contributed by atoms with Crippen LogP contribution in [0.15, 0.2) is 12.1 Å². The highest BCUT2D eigenvalue weighted by Crippen LogP contribution is 2.51. The number of fused-ring (bicyclic) bond motifs is 2. The minimum atomic E-state index is -1.48. The van der Waals surface area contributed by atoms with Gasteiger partial charge >= 0.3 is 0 Å². The van der Waals surface area contributed by atoms with Crippen molar-refractivity contribution in [2.45, 2.75) is 41.8 Å². The Kier molecular flexibility index (Phi) is 2.86. The first-order chi connectivity index (χ1) is 8.48. The van der Waals surface area contributed by atoms with Gasteiger partial charge in [0.2, 0.25) is 0 Å². The Hall–Kier alpha value is -0.680. The molecule has 2 aliphatic rings. The number of benzene rings is 1. The zero-order valence-electron chi connectivity index (χ0n) is 9.63. The van der Waals surface area contributed by atoms with Gasteiger partial charge in [0.25, 0.3) is 0 Å². The number of rotatable bonds is 1.